The SMILES string of the molecule is CCC(CCN)C(C)=C(C)C. The van der Waals surface area contributed by atoms with Gasteiger partial charge in [0.25, 0.3) is 0 Å². The van der Waals surface area contributed by atoms with Crippen LogP contribution < -0.4 is 5.73 Å². The van der Waals surface area contributed by atoms with Crippen molar-refractivity contribution in [3.63, 3.8) is 0 Å². The van der Waals surface area contributed by atoms with Crippen LogP contribution in [0.2, 0.25) is 0 Å². The second kappa shape index (κ2) is 5.36. The van der Waals surface area contributed by atoms with Crippen LogP contribution in [0.5, 0.6) is 0 Å². The normalized spacial score (nSPS) is 12.8. The van der Waals surface area contributed by atoms with Crippen LogP contribution in [0, 0.1) is 5.92 Å². The molecule has 0 aromatic heterocycles. The average molecular weight is 155 g/mol. The highest BCUT2D eigenvalue weighted by Crippen LogP contribution is 2.20. The Hall–Kier alpha value is -0.300. The Morgan fingerprint density at radius 2 is 1.82 bits per heavy atom. The molecule has 0 aromatic carbocycles. The minimum Gasteiger partial charge on any atom is -0.330 e. The van der Waals surface area contributed by atoms with Crippen LogP contribution in [0.4, 0.5) is 0 Å². The maximum Gasteiger partial charge on any atom is -0.00716 e. The first kappa shape index (κ1) is 10.7. The molecular weight excluding hydrogens is 134 g/mol. The van der Waals surface area contributed by atoms with Crippen molar-refractivity contribution in [2.75, 3.05) is 6.54 Å². The first-order valence-corrected chi connectivity index (χ1v) is 4.47. The van der Waals surface area contributed by atoms with E-state index in [1.54, 1.807) is 0 Å². The second-order valence-electron chi connectivity index (χ2n) is 3.37. The molecule has 0 radical (unpaired) electrons. The molecule has 0 fully saturated rings. The van der Waals surface area contributed by atoms with Gasteiger partial charge in [0.15, 0.2) is 0 Å². The van der Waals surface area contributed by atoms with Gasteiger partial charge in [-0.3, -0.25) is 0 Å². The van der Waals surface area contributed by atoms with E-state index in [-0.39, 0.29) is 0 Å². The Morgan fingerprint density at radius 3 is 2.09 bits per heavy atom. The molecule has 11 heavy (non-hydrogen) atoms. The van der Waals surface area contributed by atoms with Gasteiger partial charge in [0.1, 0.15) is 0 Å². The predicted molar refractivity (Wildman–Crippen MR) is 51.5 cm³/mol. The van der Waals surface area contributed by atoms with Gasteiger partial charge >= 0.3 is 0 Å². The van der Waals surface area contributed by atoms with Gasteiger partial charge in [-0.1, -0.05) is 18.1 Å². The second-order valence-corrected chi connectivity index (χ2v) is 3.37. The zero-order valence-corrected chi connectivity index (χ0v) is 8.28. The topological polar surface area (TPSA) is 26.0 Å². The Bertz CT molecular complexity index is 132. The molecule has 1 atom stereocenters. The molecule has 0 saturated heterocycles. The Morgan fingerprint density at radius 1 is 1.27 bits per heavy atom. The Balaban J connectivity index is 4.14. The van der Waals surface area contributed by atoms with E-state index in [0.717, 1.165) is 13.0 Å². The van der Waals surface area contributed by atoms with Crippen LogP contribution in [0.15, 0.2) is 11.1 Å². The molecule has 0 aromatic rings. The summed E-state index contributed by atoms with van der Waals surface area (Å²) in [5, 5.41) is 0. The van der Waals surface area contributed by atoms with Gasteiger partial charge in [-0.15, -0.1) is 0 Å². The van der Waals surface area contributed by atoms with Crippen LogP contribution in [0.25, 0.3) is 0 Å². The van der Waals surface area contributed by atoms with Crippen molar-refractivity contribution in [2.45, 2.75) is 40.5 Å². The molecule has 0 aliphatic carbocycles. The lowest BCUT2D eigenvalue weighted by molar-refractivity contribution is 0.545. The fourth-order valence-electron chi connectivity index (χ4n) is 1.34. The molecule has 2 N–H and O–H groups in total. The van der Waals surface area contributed by atoms with Crippen molar-refractivity contribution in [3.8, 4) is 0 Å². The highest BCUT2D eigenvalue weighted by atomic mass is 14.5. The molecule has 0 amide bonds. The van der Waals surface area contributed by atoms with Crippen molar-refractivity contribution >= 4 is 0 Å². The lowest BCUT2D eigenvalue weighted by atomic mass is 9.91. The molecule has 0 spiro atoms. The summed E-state index contributed by atoms with van der Waals surface area (Å²) in [6.07, 6.45) is 2.35. The van der Waals surface area contributed by atoms with E-state index >= 15 is 0 Å². The summed E-state index contributed by atoms with van der Waals surface area (Å²) >= 11 is 0. The first-order valence-electron chi connectivity index (χ1n) is 4.47. The van der Waals surface area contributed by atoms with Gasteiger partial charge in [0.2, 0.25) is 0 Å². The number of allylic oxidation sites excluding steroid dienone is 2. The lowest BCUT2D eigenvalue weighted by Gasteiger charge is -2.15. The summed E-state index contributed by atoms with van der Waals surface area (Å²) in [7, 11) is 0. The fourth-order valence-corrected chi connectivity index (χ4v) is 1.34. The minimum atomic E-state index is 0.713. The summed E-state index contributed by atoms with van der Waals surface area (Å²) < 4.78 is 0. The van der Waals surface area contributed by atoms with Gasteiger partial charge in [-0.05, 0) is 46.1 Å². The highest BCUT2D eigenvalue weighted by Gasteiger charge is 2.07. The van der Waals surface area contributed by atoms with Gasteiger partial charge in [-0.2, -0.15) is 0 Å². The highest BCUT2D eigenvalue weighted by molar-refractivity contribution is 5.10. The van der Waals surface area contributed by atoms with E-state index in [0.29, 0.717) is 5.92 Å². The zero-order chi connectivity index (χ0) is 8.85. The molecule has 0 aliphatic rings. The lowest BCUT2D eigenvalue weighted by Crippen LogP contribution is -2.09. The number of rotatable bonds is 4. The first-order chi connectivity index (χ1) is 5.13. The molecule has 1 nitrogen and oxygen atoms in total. The number of nitrogens with two attached hydrogens (primary N) is 1. The summed E-state index contributed by atoms with van der Waals surface area (Å²) in [4.78, 5) is 0. The average Bonchev–Trinajstić information content (AvgIpc) is 1.98. The Labute approximate surface area is 70.7 Å². The third-order valence-corrected chi connectivity index (χ3v) is 2.41. The summed E-state index contributed by atoms with van der Waals surface area (Å²) in [6.45, 7) is 9.61. The van der Waals surface area contributed by atoms with Gasteiger partial charge in [0.05, 0.1) is 0 Å². The molecule has 66 valence electrons. The predicted octanol–water partition coefficient (Wildman–Crippen LogP) is 2.72. The van der Waals surface area contributed by atoms with Gasteiger partial charge < -0.3 is 5.73 Å². The summed E-state index contributed by atoms with van der Waals surface area (Å²) in [5.74, 6) is 0.713. The van der Waals surface area contributed by atoms with Gasteiger partial charge in [0, 0.05) is 0 Å². The van der Waals surface area contributed by atoms with Crippen LogP contribution >= 0.6 is 0 Å². The molecule has 0 aliphatic heterocycles. The van der Waals surface area contributed by atoms with Gasteiger partial charge in [-0.25, -0.2) is 0 Å². The fraction of sp³-hybridized carbons (Fsp3) is 0.800. The molecule has 0 bridgehead atoms. The molecular formula is C10H21N. The molecule has 0 heterocycles. The molecule has 0 rings (SSSR count). The molecule has 0 saturated carbocycles. The van der Waals surface area contributed by atoms with E-state index in [4.69, 9.17) is 5.73 Å². The quantitative estimate of drug-likeness (QED) is 0.621. The van der Waals surface area contributed by atoms with Crippen LogP contribution in [-0.2, 0) is 0 Å². The largest absolute Gasteiger partial charge is 0.330 e. The Kier molecular flexibility index (Phi) is 5.22. The maximum atomic E-state index is 5.52. The van der Waals surface area contributed by atoms with E-state index in [1.807, 2.05) is 0 Å². The van der Waals surface area contributed by atoms with E-state index in [9.17, 15) is 0 Å². The van der Waals surface area contributed by atoms with E-state index in [1.165, 1.54) is 17.6 Å². The monoisotopic (exact) mass is 155 g/mol. The zero-order valence-electron chi connectivity index (χ0n) is 8.28. The van der Waals surface area contributed by atoms with Crippen LogP contribution in [0.3, 0.4) is 0 Å². The third-order valence-electron chi connectivity index (χ3n) is 2.41. The summed E-state index contributed by atoms with van der Waals surface area (Å²) in [5.41, 5.74) is 8.50. The number of hydrogen-bond donors (Lipinski definition) is 1. The van der Waals surface area contributed by atoms with Crippen molar-refractivity contribution in [1.82, 2.24) is 0 Å². The van der Waals surface area contributed by atoms with Crippen molar-refractivity contribution in [3.05, 3.63) is 11.1 Å². The molecule has 1 heteroatoms. The van der Waals surface area contributed by atoms with Crippen molar-refractivity contribution in [2.24, 2.45) is 11.7 Å². The maximum absolute atomic E-state index is 5.52. The molecule has 1 unspecified atom stereocenters. The van der Waals surface area contributed by atoms with Crippen molar-refractivity contribution in [1.29, 1.82) is 0 Å². The van der Waals surface area contributed by atoms with Crippen LogP contribution in [0.1, 0.15) is 40.5 Å². The summed E-state index contributed by atoms with van der Waals surface area (Å²) in [6, 6.07) is 0. The van der Waals surface area contributed by atoms with Crippen molar-refractivity contribution < 1.29 is 0 Å². The van der Waals surface area contributed by atoms with E-state index in [2.05, 4.69) is 27.7 Å². The van der Waals surface area contributed by atoms with Crippen LogP contribution in [-0.4, -0.2) is 6.54 Å². The number of hydrogen-bond acceptors (Lipinski definition) is 1. The van der Waals surface area contributed by atoms with E-state index < -0.39 is 0 Å². The third kappa shape index (κ3) is 3.57. The standard InChI is InChI=1S/C10H21N/c1-5-10(6-7-11)9(4)8(2)3/h10H,5-7,11H2,1-4H3. The smallest absolute Gasteiger partial charge is 0.00716 e. The minimum absolute atomic E-state index is 0.713.